The molecule has 0 spiro atoms. The Bertz CT molecular complexity index is 864. The van der Waals surface area contributed by atoms with Gasteiger partial charge in [-0.1, -0.05) is 11.6 Å². The highest BCUT2D eigenvalue weighted by molar-refractivity contribution is 7.92. The van der Waals surface area contributed by atoms with E-state index in [0.717, 1.165) is 0 Å². The van der Waals surface area contributed by atoms with Crippen LogP contribution in [0, 0.1) is 6.92 Å². The maximum Gasteiger partial charge on any atom is 0.264 e. The first-order chi connectivity index (χ1) is 11.1. The van der Waals surface area contributed by atoms with Crippen LogP contribution in [0.2, 0.25) is 5.02 Å². The van der Waals surface area contributed by atoms with Gasteiger partial charge in [-0.2, -0.15) is 0 Å². The van der Waals surface area contributed by atoms with E-state index in [4.69, 9.17) is 11.6 Å². The van der Waals surface area contributed by atoms with Crippen molar-refractivity contribution in [3.05, 3.63) is 53.1 Å². The van der Waals surface area contributed by atoms with Crippen molar-refractivity contribution in [2.45, 2.75) is 18.7 Å². The van der Waals surface area contributed by atoms with E-state index in [0.29, 0.717) is 22.0 Å². The second-order valence-corrected chi connectivity index (χ2v) is 7.85. The van der Waals surface area contributed by atoms with E-state index in [1.165, 1.54) is 29.2 Å². The number of carbonyl (C=O) groups is 1. The Kier molecular flexibility index (Phi) is 5.20. The van der Waals surface area contributed by atoms with Crippen LogP contribution in [-0.2, 0) is 14.8 Å². The first-order valence-electron chi connectivity index (χ1n) is 7.24. The molecular weight excluding hydrogens is 348 g/mol. The van der Waals surface area contributed by atoms with Crippen LogP contribution in [0.25, 0.3) is 0 Å². The predicted octanol–water partition coefficient (Wildman–Crippen LogP) is 3.46. The number of nitrogens with zero attached hydrogens (tertiary/aromatic N) is 2. The molecule has 0 fully saturated rings. The van der Waals surface area contributed by atoms with Gasteiger partial charge in [0, 0.05) is 31.7 Å². The third-order valence-corrected chi connectivity index (χ3v) is 6.07. The minimum absolute atomic E-state index is 0.0969. The Morgan fingerprint density at radius 1 is 1.00 bits per heavy atom. The average molecular weight is 367 g/mol. The second-order valence-electron chi connectivity index (χ2n) is 5.48. The molecule has 0 unspecified atom stereocenters. The summed E-state index contributed by atoms with van der Waals surface area (Å²) in [5.41, 5.74) is 1.90. The summed E-state index contributed by atoms with van der Waals surface area (Å²) in [5.74, 6) is -0.0969. The number of anilines is 2. The van der Waals surface area contributed by atoms with Gasteiger partial charge < -0.3 is 4.90 Å². The molecule has 128 valence electrons. The fourth-order valence-electron chi connectivity index (χ4n) is 2.14. The molecule has 0 radical (unpaired) electrons. The van der Waals surface area contributed by atoms with Gasteiger partial charge in [-0.15, -0.1) is 0 Å². The highest BCUT2D eigenvalue weighted by Gasteiger charge is 2.22. The number of rotatable bonds is 4. The average Bonchev–Trinajstić information content (AvgIpc) is 2.55. The smallest absolute Gasteiger partial charge is 0.264 e. The number of hydrogen-bond acceptors (Lipinski definition) is 3. The molecule has 24 heavy (non-hydrogen) atoms. The zero-order valence-corrected chi connectivity index (χ0v) is 15.5. The van der Waals surface area contributed by atoms with Crippen molar-refractivity contribution in [2.75, 3.05) is 23.3 Å². The SMILES string of the molecule is CC(=O)N(C)c1ccc(N(C)S(=O)(=O)c2ccc(Cl)c(C)c2)cc1. The number of aryl methyl sites for hydroxylation is 1. The molecule has 0 N–H and O–H groups in total. The lowest BCUT2D eigenvalue weighted by molar-refractivity contribution is -0.116. The van der Waals surface area contributed by atoms with Gasteiger partial charge in [0.05, 0.1) is 10.6 Å². The highest BCUT2D eigenvalue weighted by atomic mass is 35.5. The first-order valence-corrected chi connectivity index (χ1v) is 9.06. The lowest BCUT2D eigenvalue weighted by Gasteiger charge is -2.21. The summed E-state index contributed by atoms with van der Waals surface area (Å²) >= 11 is 5.96. The zero-order chi connectivity index (χ0) is 18.1. The van der Waals surface area contributed by atoms with Crippen molar-refractivity contribution in [3.63, 3.8) is 0 Å². The van der Waals surface area contributed by atoms with Gasteiger partial charge in [-0.25, -0.2) is 8.42 Å². The standard InChI is InChI=1S/C17H19ClN2O3S/c1-12-11-16(9-10-17(12)18)24(22,23)20(4)15-7-5-14(6-8-15)19(3)13(2)21/h5-11H,1-4H3. The minimum atomic E-state index is -3.69. The van der Waals surface area contributed by atoms with Crippen molar-refractivity contribution >= 4 is 38.9 Å². The van der Waals surface area contributed by atoms with E-state index < -0.39 is 10.0 Å². The van der Waals surface area contributed by atoms with Crippen LogP contribution in [-0.4, -0.2) is 28.4 Å². The summed E-state index contributed by atoms with van der Waals surface area (Å²) in [6, 6.07) is 11.3. The molecule has 0 atom stereocenters. The van der Waals surface area contributed by atoms with Crippen LogP contribution in [0.5, 0.6) is 0 Å². The summed E-state index contributed by atoms with van der Waals surface area (Å²) in [6.45, 7) is 3.22. The molecule has 0 heterocycles. The van der Waals surface area contributed by atoms with Crippen molar-refractivity contribution in [1.29, 1.82) is 0 Å². The summed E-state index contributed by atoms with van der Waals surface area (Å²) in [4.78, 5) is 13.0. The molecule has 2 rings (SSSR count). The molecule has 0 bridgehead atoms. The molecule has 5 nitrogen and oxygen atoms in total. The van der Waals surface area contributed by atoms with E-state index in [1.54, 1.807) is 50.4 Å². The molecule has 2 aromatic carbocycles. The van der Waals surface area contributed by atoms with Gasteiger partial charge >= 0.3 is 0 Å². The molecule has 0 aliphatic carbocycles. The molecule has 0 saturated carbocycles. The van der Waals surface area contributed by atoms with E-state index in [-0.39, 0.29) is 10.8 Å². The van der Waals surface area contributed by atoms with E-state index >= 15 is 0 Å². The van der Waals surface area contributed by atoms with Gasteiger partial charge in [0.25, 0.3) is 10.0 Å². The van der Waals surface area contributed by atoms with Crippen LogP contribution in [0.3, 0.4) is 0 Å². The summed E-state index contributed by atoms with van der Waals surface area (Å²) in [6.07, 6.45) is 0. The summed E-state index contributed by atoms with van der Waals surface area (Å²) in [7, 11) is -0.537. The monoisotopic (exact) mass is 366 g/mol. The van der Waals surface area contributed by atoms with Crippen LogP contribution in [0.15, 0.2) is 47.4 Å². The van der Waals surface area contributed by atoms with Crippen LogP contribution < -0.4 is 9.21 Å². The normalized spacial score (nSPS) is 11.2. The Morgan fingerprint density at radius 3 is 2.04 bits per heavy atom. The Hall–Kier alpha value is -2.05. The van der Waals surface area contributed by atoms with Gasteiger partial charge in [0.15, 0.2) is 0 Å². The highest BCUT2D eigenvalue weighted by Crippen LogP contribution is 2.26. The van der Waals surface area contributed by atoms with Crippen molar-refractivity contribution in [1.82, 2.24) is 0 Å². The van der Waals surface area contributed by atoms with Crippen LogP contribution >= 0.6 is 11.6 Å². The predicted molar refractivity (Wildman–Crippen MR) is 97.3 cm³/mol. The molecule has 0 aliphatic heterocycles. The fourth-order valence-corrected chi connectivity index (χ4v) is 3.54. The van der Waals surface area contributed by atoms with Crippen molar-refractivity contribution in [3.8, 4) is 0 Å². The van der Waals surface area contributed by atoms with Gasteiger partial charge in [0.2, 0.25) is 5.91 Å². The topological polar surface area (TPSA) is 57.7 Å². The van der Waals surface area contributed by atoms with E-state index in [2.05, 4.69) is 0 Å². The van der Waals surface area contributed by atoms with E-state index in [9.17, 15) is 13.2 Å². The largest absolute Gasteiger partial charge is 0.316 e. The van der Waals surface area contributed by atoms with Crippen LogP contribution in [0.1, 0.15) is 12.5 Å². The molecule has 0 aromatic heterocycles. The van der Waals surface area contributed by atoms with Crippen LogP contribution in [0.4, 0.5) is 11.4 Å². The Labute approximate surface area is 147 Å². The number of amides is 1. The minimum Gasteiger partial charge on any atom is -0.316 e. The van der Waals surface area contributed by atoms with Gasteiger partial charge in [-0.3, -0.25) is 9.10 Å². The maximum absolute atomic E-state index is 12.7. The number of carbonyl (C=O) groups excluding carboxylic acids is 1. The maximum atomic E-state index is 12.7. The lowest BCUT2D eigenvalue weighted by atomic mass is 10.2. The van der Waals surface area contributed by atoms with Gasteiger partial charge in [-0.05, 0) is 55.0 Å². The quantitative estimate of drug-likeness (QED) is 0.832. The lowest BCUT2D eigenvalue weighted by Crippen LogP contribution is -2.27. The first kappa shape index (κ1) is 18.3. The Balaban J connectivity index is 2.34. The molecule has 1 amide bonds. The van der Waals surface area contributed by atoms with Crippen molar-refractivity contribution < 1.29 is 13.2 Å². The molecular formula is C17H19ClN2O3S. The number of sulfonamides is 1. The summed E-state index contributed by atoms with van der Waals surface area (Å²) < 4.78 is 26.7. The number of halogens is 1. The third kappa shape index (κ3) is 3.55. The third-order valence-electron chi connectivity index (χ3n) is 3.86. The number of benzene rings is 2. The molecule has 7 heteroatoms. The fraction of sp³-hybridized carbons (Fsp3) is 0.235. The molecule has 0 saturated heterocycles. The van der Waals surface area contributed by atoms with E-state index in [1.807, 2.05) is 0 Å². The zero-order valence-electron chi connectivity index (χ0n) is 13.9. The Morgan fingerprint density at radius 2 is 1.54 bits per heavy atom. The number of hydrogen-bond donors (Lipinski definition) is 0. The molecule has 2 aromatic rings. The van der Waals surface area contributed by atoms with Gasteiger partial charge in [0.1, 0.15) is 0 Å². The van der Waals surface area contributed by atoms with Crippen molar-refractivity contribution in [2.24, 2.45) is 0 Å². The molecule has 0 aliphatic rings. The summed E-state index contributed by atoms with van der Waals surface area (Å²) in [5, 5.41) is 0.522. The second kappa shape index (κ2) is 6.83.